The quantitative estimate of drug-likeness (QED) is 0.390. The third kappa shape index (κ3) is 7.14. The highest BCUT2D eigenvalue weighted by atomic mass is 16.6. The molecule has 2 unspecified atom stereocenters. The molecule has 7 heteroatoms. The lowest BCUT2D eigenvalue weighted by atomic mass is 10.1. The average Bonchev–Trinajstić information content (AvgIpc) is 2.92. The number of hydrazine groups is 1. The summed E-state index contributed by atoms with van der Waals surface area (Å²) in [6.45, 7) is 7.62. The van der Waals surface area contributed by atoms with Crippen molar-refractivity contribution in [2.75, 3.05) is 7.05 Å². The Morgan fingerprint density at radius 2 is 2.00 bits per heavy atom. The van der Waals surface area contributed by atoms with E-state index in [1.54, 1.807) is 4.90 Å². The zero-order valence-electron chi connectivity index (χ0n) is 15.0. The summed E-state index contributed by atoms with van der Waals surface area (Å²) in [6, 6.07) is 0.139. The largest absolute Gasteiger partial charge is 0.377 e. The molecule has 0 radical (unpaired) electrons. The summed E-state index contributed by atoms with van der Waals surface area (Å²) in [5.41, 5.74) is 4.79. The van der Waals surface area contributed by atoms with Crippen LogP contribution in [-0.2, 0) is 9.53 Å². The molecule has 7 nitrogen and oxygen atoms in total. The molecule has 0 aliphatic heterocycles. The Bertz CT molecular complexity index is 373. The van der Waals surface area contributed by atoms with Gasteiger partial charge in [0.1, 0.15) is 6.23 Å². The molecule has 1 saturated carbocycles. The van der Waals surface area contributed by atoms with E-state index in [9.17, 15) is 15.0 Å². The number of carbonyl (C=O) groups is 1. The molecule has 1 aliphatic rings. The molecule has 0 aromatic heterocycles. The van der Waals surface area contributed by atoms with Crippen molar-refractivity contribution in [3.8, 4) is 0 Å². The van der Waals surface area contributed by atoms with Crippen LogP contribution in [0, 0.1) is 5.92 Å². The summed E-state index contributed by atoms with van der Waals surface area (Å²) in [6.07, 6.45) is 1.89. The van der Waals surface area contributed by atoms with Crippen molar-refractivity contribution >= 4 is 5.91 Å². The minimum absolute atomic E-state index is 0.0335. The van der Waals surface area contributed by atoms with Crippen LogP contribution in [0.25, 0.3) is 0 Å². The summed E-state index contributed by atoms with van der Waals surface area (Å²) in [5.74, 6) is -0.0848. The Hall–Kier alpha value is -0.730. The van der Waals surface area contributed by atoms with E-state index in [1.807, 2.05) is 34.7 Å². The standard InChI is InChI=1S/C16H33N3O4/c1-6-7-13(20)17-18-14(21)11-8-9-12(10-11)19(5)15(22)23-16(2,3)4/h11-12,14-15,18,21-22H,6-10H2,1-5H3,(H,17,20)/t11-,12+,14?,15?/m0/s1. The molecular weight excluding hydrogens is 298 g/mol. The Kier molecular flexibility index (Phi) is 7.89. The van der Waals surface area contributed by atoms with Crippen LogP contribution in [-0.4, -0.2) is 52.4 Å². The van der Waals surface area contributed by atoms with E-state index in [4.69, 9.17) is 4.74 Å². The monoisotopic (exact) mass is 331 g/mol. The van der Waals surface area contributed by atoms with E-state index < -0.39 is 18.2 Å². The van der Waals surface area contributed by atoms with Crippen LogP contribution in [0.4, 0.5) is 0 Å². The van der Waals surface area contributed by atoms with Crippen LogP contribution < -0.4 is 10.9 Å². The second-order valence-electron chi connectivity index (χ2n) is 7.34. The molecule has 23 heavy (non-hydrogen) atoms. The Balaban J connectivity index is 2.40. The van der Waals surface area contributed by atoms with Crippen molar-refractivity contribution in [3.63, 3.8) is 0 Å². The molecule has 4 N–H and O–H groups in total. The lowest BCUT2D eigenvalue weighted by Crippen LogP contribution is -2.48. The number of ether oxygens (including phenoxy) is 1. The van der Waals surface area contributed by atoms with Crippen molar-refractivity contribution < 1.29 is 19.7 Å². The number of aliphatic hydroxyl groups is 2. The third-order valence-corrected chi connectivity index (χ3v) is 4.11. The van der Waals surface area contributed by atoms with Gasteiger partial charge in [-0.15, -0.1) is 0 Å². The van der Waals surface area contributed by atoms with Gasteiger partial charge in [0, 0.05) is 18.4 Å². The number of rotatable bonds is 8. The highest BCUT2D eigenvalue weighted by molar-refractivity contribution is 5.75. The van der Waals surface area contributed by atoms with Gasteiger partial charge in [-0.25, -0.2) is 5.43 Å². The fourth-order valence-electron chi connectivity index (χ4n) is 2.79. The lowest BCUT2D eigenvalue weighted by molar-refractivity contribution is -0.241. The molecule has 1 rings (SSSR count). The average molecular weight is 331 g/mol. The predicted molar refractivity (Wildman–Crippen MR) is 87.9 cm³/mol. The van der Waals surface area contributed by atoms with Crippen LogP contribution >= 0.6 is 0 Å². The van der Waals surface area contributed by atoms with Crippen LogP contribution in [0.15, 0.2) is 0 Å². The van der Waals surface area contributed by atoms with Gasteiger partial charge in [-0.3, -0.25) is 15.1 Å². The van der Waals surface area contributed by atoms with Crippen molar-refractivity contribution in [2.45, 2.75) is 84.1 Å². The highest BCUT2D eigenvalue weighted by Crippen LogP contribution is 2.31. The predicted octanol–water partition coefficient (Wildman–Crippen LogP) is 0.917. The van der Waals surface area contributed by atoms with Crippen LogP contribution in [0.2, 0.25) is 0 Å². The molecule has 0 heterocycles. The maximum Gasteiger partial charge on any atom is 0.234 e. The SMILES string of the molecule is CCCC(=O)NNC(O)[C@H]1CC[C@@H](N(C)C(O)OC(C)(C)C)C1. The fraction of sp³-hybridized carbons (Fsp3) is 0.938. The van der Waals surface area contributed by atoms with Crippen molar-refractivity contribution in [3.05, 3.63) is 0 Å². The van der Waals surface area contributed by atoms with Gasteiger partial charge in [0.05, 0.1) is 5.60 Å². The van der Waals surface area contributed by atoms with Gasteiger partial charge in [0.25, 0.3) is 0 Å². The Morgan fingerprint density at radius 3 is 2.57 bits per heavy atom. The topological polar surface area (TPSA) is 94.1 Å². The van der Waals surface area contributed by atoms with Gasteiger partial charge in [-0.05, 0) is 53.5 Å². The molecule has 0 saturated heterocycles. The molecule has 0 aromatic carbocycles. The van der Waals surface area contributed by atoms with Crippen LogP contribution in [0.1, 0.15) is 59.8 Å². The van der Waals surface area contributed by atoms with E-state index in [1.165, 1.54) is 0 Å². The van der Waals surface area contributed by atoms with Gasteiger partial charge in [0.2, 0.25) is 12.3 Å². The van der Waals surface area contributed by atoms with Crippen LogP contribution in [0.5, 0.6) is 0 Å². The zero-order valence-corrected chi connectivity index (χ0v) is 15.0. The smallest absolute Gasteiger partial charge is 0.234 e. The summed E-state index contributed by atoms with van der Waals surface area (Å²) in [5, 5.41) is 20.3. The molecule has 0 bridgehead atoms. The van der Waals surface area contributed by atoms with E-state index in [-0.39, 0.29) is 17.9 Å². The van der Waals surface area contributed by atoms with Crippen molar-refractivity contribution in [2.24, 2.45) is 5.92 Å². The zero-order chi connectivity index (χ0) is 17.6. The van der Waals surface area contributed by atoms with Gasteiger partial charge in [-0.1, -0.05) is 6.92 Å². The number of aliphatic hydroxyl groups excluding tert-OH is 2. The van der Waals surface area contributed by atoms with E-state index in [0.717, 1.165) is 25.7 Å². The van der Waals surface area contributed by atoms with E-state index in [2.05, 4.69) is 10.9 Å². The number of hydrogen-bond donors (Lipinski definition) is 4. The molecule has 1 fully saturated rings. The minimum Gasteiger partial charge on any atom is -0.377 e. The van der Waals surface area contributed by atoms with Crippen molar-refractivity contribution in [1.29, 1.82) is 0 Å². The summed E-state index contributed by atoms with van der Waals surface area (Å²) in [4.78, 5) is 13.2. The molecular formula is C16H33N3O4. The number of hydrogen-bond acceptors (Lipinski definition) is 6. The third-order valence-electron chi connectivity index (χ3n) is 4.11. The Labute approximate surface area is 139 Å². The number of nitrogens with one attached hydrogen (secondary N) is 2. The number of nitrogens with zero attached hydrogens (tertiary/aromatic N) is 1. The fourth-order valence-corrected chi connectivity index (χ4v) is 2.79. The number of carbonyl (C=O) groups excluding carboxylic acids is 1. The summed E-state index contributed by atoms with van der Waals surface area (Å²) >= 11 is 0. The first-order chi connectivity index (χ1) is 10.6. The second kappa shape index (κ2) is 8.94. The van der Waals surface area contributed by atoms with Gasteiger partial charge in [0.15, 0.2) is 0 Å². The van der Waals surface area contributed by atoms with Crippen molar-refractivity contribution in [1.82, 2.24) is 15.8 Å². The highest BCUT2D eigenvalue weighted by Gasteiger charge is 2.35. The summed E-state index contributed by atoms with van der Waals surface area (Å²) < 4.78 is 5.56. The van der Waals surface area contributed by atoms with Crippen LogP contribution in [0.3, 0.4) is 0 Å². The molecule has 1 amide bonds. The molecule has 4 atom stereocenters. The maximum absolute atomic E-state index is 11.4. The molecule has 0 spiro atoms. The van der Waals surface area contributed by atoms with E-state index in [0.29, 0.717) is 6.42 Å². The lowest BCUT2D eigenvalue weighted by Gasteiger charge is -2.33. The molecule has 1 aliphatic carbocycles. The first-order valence-electron chi connectivity index (χ1n) is 8.44. The normalized spacial score (nSPS) is 24.7. The first-order valence-corrected chi connectivity index (χ1v) is 8.44. The van der Waals surface area contributed by atoms with Gasteiger partial charge in [-0.2, -0.15) is 0 Å². The summed E-state index contributed by atoms with van der Waals surface area (Å²) in [7, 11) is 1.83. The Morgan fingerprint density at radius 1 is 1.35 bits per heavy atom. The molecule has 136 valence electrons. The van der Waals surface area contributed by atoms with Gasteiger partial charge >= 0.3 is 0 Å². The first kappa shape index (κ1) is 20.3. The number of amides is 1. The van der Waals surface area contributed by atoms with Gasteiger partial charge < -0.3 is 14.9 Å². The maximum atomic E-state index is 11.4. The minimum atomic E-state index is -0.965. The second-order valence-corrected chi connectivity index (χ2v) is 7.34. The van der Waals surface area contributed by atoms with E-state index >= 15 is 0 Å². The molecule has 0 aromatic rings.